The van der Waals surface area contributed by atoms with Crippen LogP contribution in [0.1, 0.15) is 41.4 Å². The maximum Gasteiger partial charge on any atom is 0.257 e. The Morgan fingerprint density at radius 2 is 2.07 bits per heavy atom. The number of methoxy groups -OCH3 is 1. The molecule has 1 N–H and O–H groups in total. The first-order valence-electron chi connectivity index (χ1n) is 10.7. The van der Waals surface area contributed by atoms with E-state index in [2.05, 4.69) is 26.8 Å². The number of rotatable bonds is 3. The monoisotopic (exact) mass is 405 g/mol. The second-order valence-corrected chi connectivity index (χ2v) is 8.44. The zero-order valence-corrected chi connectivity index (χ0v) is 17.5. The van der Waals surface area contributed by atoms with E-state index < -0.39 is 0 Å². The summed E-state index contributed by atoms with van der Waals surface area (Å²) in [5, 5.41) is 1.12. The molecule has 0 aliphatic carbocycles. The second kappa shape index (κ2) is 7.63. The molecule has 1 fully saturated rings. The number of carbonyl (C=O) groups excluding carboxylic acids is 1. The van der Waals surface area contributed by atoms with Gasteiger partial charge in [0.05, 0.1) is 12.7 Å². The van der Waals surface area contributed by atoms with E-state index in [1.54, 1.807) is 19.5 Å². The summed E-state index contributed by atoms with van der Waals surface area (Å²) in [7, 11) is 1.67. The number of nitrogens with zero attached hydrogens (tertiary/aromatic N) is 4. The molecule has 156 valence electrons. The molecule has 4 heterocycles. The lowest BCUT2D eigenvalue weighted by atomic mass is 10.0. The Morgan fingerprint density at radius 3 is 2.83 bits per heavy atom. The minimum Gasteiger partial charge on any atom is -0.497 e. The van der Waals surface area contributed by atoms with Gasteiger partial charge < -0.3 is 19.5 Å². The highest BCUT2D eigenvalue weighted by Gasteiger charge is 2.26. The number of aromatic amines is 1. The van der Waals surface area contributed by atoms with Crippen LogP contribution in [0.4, 0.5) is 5.95 Å². The van der Waals surface area contributed by atoms with Gasteiger partial charge >= 0.3 is 0 Å². The summed E-state index contributed by atoms with van der Waals surface area (Å²) in [4.78, 5) is 29.7. The lowest BCUT2D eigenvalue weighted by molar-refractivity contribution is 0.0734. The molecular weight excluding hydrogens is 378 g/mol. The maximum absolute atomic E-state index is 13.1. The molecular formula is C23H27N5O2. The Morgan fingerprint density at radius 1 is 1.23 bits per heavy atom. The minimum absolute atomic E-state index is 0.0172. The summed E-state index contributed by atoms with van der Waals surface area (Å²) in [6, 6.07) is 6.03. The van der Waals surface area contributed by atoms with Gasteiger partial charge in [0.15, 0.2) is 0 Å². The number of hydrogen-bond donors (Lipinski definition) is 1. The average Bonchev–Trinajstić information content (AvgIpc) is 3.15. The smallest absolute Gasteiger partial charge is 0.257 e. The van der Waals surface area contributed by atoms with E-state index in [-0.39, 0.29) is 5.91 Å². The Bertz CT molecular complexity index is 1080. The number of H-pyrrole nitrogens is 1. The minimum atomic E-state index is -0.0172. The lowest BCUT2D eigenvalue weighted by Gasteiger charge is -2.31. The number of benzene rings is 1. The number of piperidine rings is 1. The van der Waals surface area contributed by atoms with Gasteiger partial charge in [0, 0.05) is 67.2 Å². The maximum atomic E-state index is 13.1. The van der Waals surface area contributed by atoms with Gasteiger partial charge in [0.1, 0.15) is 5.75 Å². The van der Waals surface area contributed by atoms with E-state index in [9.17, 15) is 4.79 Å². The van der Waals surface area contributed by atoms with Gasteiger partial charge in [-0.25, -0.2) is 9.97 Å². The topological polar surface area (TPSA) is 74.3 Å². The van der Waals surface area contributed by atoms with Crippen LogP contribution in [-0.2, 0) is 13.0 Å². The van der Waals surface area contributed by atoms with Crippen molar-refractivity contribution in [3.63, 3.8) is 0 Å². The van der Waals surface area contributed by atoms with Gasteiger partial charge in [-0.15, -0.1) is 0 Å². The Kier molecular flexibility index (Phi) is 4.81. The van der Waals surface area contributed by atoms with Crippen molar-refractivity contribution < 1.29 is 9.53 Å². The fourth-order valence-electron chi connectivity index (χ4n) is 4.64. The van der Waals surface area contributed by atoms with E-state index in [0.717, 1.165) is 48.5 Å². The van der Waals surface area contributed by atoms with Crippen molar-refractivity contribution in [1.82, 2.24) is 19.9 Å². The van der Waals surface area contributed by atoms with Crippen LogP contribution in [0.25, 0.3) is 10.9 Å². The highest BCUT2D eigenvalue weighted by molar-refractivity contribution is 5.94. The van der Waals surface area contributed by atoms with E-state index in [0.29, 0.717) is 24.6 Å². The van der Waals surface area contributed by atoms with Crippen molar-refractivity contribution in [3.05, 3.63) is 47.4 Å². The number of fused-ring (bicyclic) bond motifs is 3. The van der Waals surface area contributed by atoms with Crippen LogP contribution in [0.3, 0.4) is 0 Å². The molecule has 3 aromatic rings. The Labute approximate surface area is 176 Å². The molecule has 0 radical (unpaired) electrons. The van der Waals surface area contributed by atoms with Crippen molar-refractivity contribution in [1.29, 1.82) is 0 Å². The standard InChI is InChI=1S/C23H27N5O2/c1-15-4-3-8-28(13-15)23-24-11-16(12-25-23)22(29)27-9-7-21-19(14-27)18-10-17(30-2)5-6-20(18)26-21/h5-6,10-12,15,26H,3-4,7-9,13-14H2,1-2H3. The van der Waals surface area contributed by atoms with Crippen molar-refractivity contribution >= 4 is 22.8 Å². The zero-order valence-electron chi connectivity index (χ0n) is 17.5. The Hall–Kier alpha value is -3.09. The molecule has 0 spiro atoms. The molecule has 2 aliphatic rings. The number of carbonyl (C=O) groups is 1. The number of nitrogens with one attached hydrogen (secondary N) is 1. The predicted octanol–water partition coefficient (Wildman–Crippen LogP) is 3.40. The summed E-state index contributed by atoms with van der Waals surface area (Å²) in [6.45, 7) is 5.48. The van der Waals surface area contributed by atoms with Crippen LogP contribution >= 0.6 is 0 Å². The highest BCUT2D eigenvalue weighted by Crippen LogP contribution is 2.31. The van der Waals surface area contributed by atoms with E-state index in [4.69, 9.17) is 4.74 Å². The van der Waals surface area contributed by atoms with Crippen LogP contribution in [0.15, 0.2) is 30.6 Å². The fraction of sp³-hybridized carbons (Fsp3) is 0.435. The van der Waals surface area contributed by atoms with E-state index in [1.165, 1.54) is 17.7 Å². The molecule has 1 saturated heterocycles. The predicted molar refractivity (Wildman–Crippen MR) is 116 cm³/mol. The molecule has 7 heteroatoms. The number of amides is 1. The lowest BCUT2D eigenvalue weighted by Crippen LogP contribution is -2.37. The third kappa shape index (κ3) is 3.38. The quantitative estimate of drug-likeness (QED) is 0.723. The Balaban J connectivity index is 1.35. The highest BCUT2D eigenvalue weighted by atomic mass is 16.5. The second-order valence-electron chi connectivity index (χ2n) is 8.44. The fourth-order valence-corrected chi connectivity index (χ4v) is 4.64. The normalized spacial score (nSPS) is 19.1. The van der Waals surface area contributed by atoms with E-state index in [1.807, 2.05) is 23.1 Å². The number of anilines is 1. The summed E-state index contributed by atoms with van der Waals surface area (Å²) >= 11 is 0. The van der Waals surface area contributed by atoms with Crippen LogP contribution < -0.4 is 9.64 Å². The SMILES string of the molecule is COc1ccc2[nH]c3c(c2c1)CN(C(=O)c1cnc(N2CCCC(C)C2)nc1)CC3. The molecule has 1 aromatic carbocycles. The van der Waals surface area contributed by atoms with Crippen molar-refractivity contribution in [2.75, 3.05) is 31.6 Å². The molecule has 30 heavy (non-hydrogen) atoms. The molecule has 2 aromatic heterocycles. The molecule has 1 atom stereocenters. The van der Waals surface area contributed by atoms with Crippen LogP contribution in [0.2, 0.25) is 0 Å². The van der Waals surface area contributed by atoms with Crippen LogP contribution in [0.5, 0.6) is 5.75 Å². The van der Waals surface area contributed by atoms with Gasteiger partial charge in [-0.2, -0.15) is 0 Å². The number of ether oxygens (including phenoxy) is 1. The van der Waals surface area contributed by atoms with E-state index >= 15 is 0 Å². The van der Waals surface area contributed by atoms with Crippen LogP contribution in [-0.4, -0.2) is 52.5 Å². The summed E-state index contributed by atoms with van der Waals surface area (Å²) in [5.41, 5.74) is 4.00. The van der Waals surface area contributed by atoms with Gasteiger partial charge in [-0.1, -0.05) is 6.92 Å². The molecule has 2 aliphatic heterocycles. The summed E-state index contributed by atoms with van der Waals surface area (Å²) < 4.78 is 5.38. The summed E-state index contributed by atoms with van der Waals surface area (Å²) in [5.74, 6) is 2.18. The molecule has 5 rings (SSSR count). The number of aromatic nitrogens is 3. The average molecular weight is 406 g/mol. The first kappa shape index (κ1) is 18.9. The van der Waals surface area contributed by atoms with Gasteiger partial charge in [-0.05, 0) is 37.0 Å². The van der Waals surface area contributed by atoms with Crippen molar-refractivity contribution in [2.45, 2.75) is 32.7 Å². The molecule has 1 unspecified atom stereocenters. The summed E-state index contributed by atoms with van der Waals surface area (Å²) in [6.07, 6.45) is 6.58. The molecule has 7 nitrogen and oxygen atoms in total. The third-order valence-electron chi connectivity index (χ3n) is 6.29. The van der Waals surface area contributed by atoms with Gasteiger partial charge in [0.25, 0.3) is 5.91 Å². The molecule has 0 saturated carbocycles. The first-order chi connectivity index (χ1) is 14.6. The van der Waals surface area contributed by atoms with Crippen molar-refractivity contribution in [2.24, 2.45) is 5.92 Å². The first-order valence-corrected chi connectivity index (χ1v) is 10.7. The number of hydrogen-bond acceptors (Lipinski definition) is 5. The van der Waals surface area contributed by atoms with Gasteiger partial charge in [0.2, 0.25) is 5.95 Å². The molecule has 1 amide bonds. The zero-order chi connectivity index (χ0) is 20.7. The van der Waals surface area contributed by atoms with Crippen molar-refractivity contribution in [3.8, 4) is 5.75 Å². The molecule has 0 bridgehead atoms. The van der Waals surface area contributed by atoms with Gasteiger partial charge in [-0.3, -0.25) is 4.79 Å². The largest absolute Gasteiger partial charge is 0.497 e. The third-order valence-corrected chi connectivity index (χ3v) is 6.29. The van der Waals surface area contributed by atoms with Crippen LogP contribution in [0, 0.1) is 5.92 Å².